The normalized spacial score (nSPS) is 16.4. The highest BCUT2D eigenvalue weighted by molar-refractivity contribution is 7.80. The molecule has 1 aliphatic rings. The molecule has 1 fully saturated rings. The topological polar surface area (TPSA) is 22.1 Å². The van der Waals surface area contributed by atoms with E-state index in [9.17, 15) is 0 Å². The fourth-order valence-electron chi connectivity index (χ4n) is 2.66. The maximum Gasteiger partial charge on any atom is 0.160 e. The van der Waals surface area contributed by atoms with Crippen LogP contribution in [0.2, 0.25) is 0 Å². The van der Waals surface area contributed by atoms with Gasteiger partial charge in [-0.15, -0.1) is 11.3 Å². The van der Waals surface area contributed by atoms with E-state index in [1.807, 2.05) is 6.07 Å². The van der Waals surface area contributed by atoms with Crippen LogP contribution in [0.15, 0.2) is 24.3 Å². The number of thiocarbonyl (C=S) groups is 1. The van der Waals surface area contributed by atoms with E-state index in [-0.39, 0.29) is 0 Å². The van der Waals surface area contributed by atoms with Crippen molar-refractivity contribution < 1.29 is 4.74 Å². The van der Waals surface area contributed by atoms with Gasteiger partial charge in [-0.25, -0.2) is 4.98 Å². The Labute approximate surface area is 129 Å². The van der Waals surface area contributed by atoms with Crippen molar-refractivity contribution in [2.75, 3.05) is 0 Å². The number of fused-ring (bicyclic) bond motifs is 1. The summed E-state index contributed by atoms with van der Waals surface area (Å²) < 4.78 is 7.15. The van der Waals surface area contributed by atoms with E-state index in [4.69, 9.17) is 17.0 Å². The van der Waals surface area contributed by atoms with Gasteiger partial charge < -0.3 is 4.74 Å². The fourth-order valence-corrected chi connectivity index (χ4v) is 3.87. The lowest BCUT2D eigenvalue weighted by molar-refractivity contribution is 0.143. The molecule has 0 radical (unpaired) electrons. The van der Waals surface area contributed by atoms with Crippen LogP contribution in [0.5, 0.6) is 0 Å². The summed E-state index contributed by atoms with van der Waals surface area (Å²) >= 11 is 7.13. The Hall–Kier alpha value is -1.00. The predicted molar refractivity (Wildman–Crippen MR) is 88.5 cm³/mol. The number of rotatable bonds is 4. The Kier molecular flexibility index (Phi) is 4.63. The molecule has 0 aliphatic heterocycles. The summed E-state index contributed by atoms with van der Waals surface area (Å²) in [6.07, 6.45) is 8.32. The third-order valence-corrected chi connectivity index (χ3v) is 5.13. The zero-order valence-corrected chi connectivity index (χ0v) is 13.1. The Morgan fingerprint density at radius 2 is 2.05 bits per heavy atom. The number of thiazole rings is 1. The molecule has 2 nitrogen and oxygen atoms in total. The van der Waals surface area contributed by atoms with Crippen LogP contribution in [-0.2, 0) is 11.2 Å². The molecule has 106 valence electrons. The number of hydrogen-bond acceptors (Lipinski definition) is 4. The van der Waals surface area contributed by atoms with Gasteiger partial charge in [-0.3, -0.25) is 0 Å². The number of aromatic nitrogens is 1. The molecular weight excluding hydrogens is 286 g/mol. The molecule has 4 heteroatoms. The summed E-state index contributed by atoms with van der Waals surface area (Å²) in [5, 5.41) is 1.91. The van der Waals surface area contributed by atoms with Crippen LogP contribution in [0.1, 0.15) is 43.5 Å². The van der Waals surface area contributed by atoms with Gasteiger partial charge in [0.05, 0.1) is 21.3 Å². The first-order valence-electron chi connectivity index (χ1n) is 7.35. The standard InChI is InChI=1S/C16H19NOS2/c19-16(18-12-6-2-1-3-7-12)11-10-15-17-13-8-4-5-9-14(13)20-15/h4-5,8-9,12H,1-3,6-7,10-11H2. The number of benzene rings is 1. The van der Waals surface area contributed by atoms with Gasteiger partial charge in [0.2, 0.25) is 0 Å². The zero-order valence-electron chi connectivity index (χ0n) is 11.5. The Morgan fingerprint density at radius 1 is 1.25 bits per heavy atom. The maximum atomic E-state index is 5.90. The van der Waals surface area contributed by atoms with Crippen LogP contribution in [0.4, 0.5) is 0 Å². The largest absolute Gasteiger partial charge is 0.484 e. The van der Waals surface area contributed by atoms with Crippen molar-refractivity contribution in [1.29, 1.82) is 0 Å². The highest BCUT2D eigenvalue weighted by atomic mass is 32.1. The summed E-state index contributed by atoms with van der Waals surface area (Å²) in [6, 6.07) is 8.27. The van der Waals surface area contributed by atoms with Crippen molar-refractivity contribution in [3.8, 4) is 0 Å². The van der Waals surface area contributed by atoms with Crippen molar-refractivity contribution in [1.82, 2.24) is 4.98 Å². The lowest BCUT2D eigenvalue weighted by atomic mass is 9.98. The van der Waals surface area contributed by atoms with E-state index in [0.29, 0.717) is 6.10 Å². The van der Waals surface area contributed by atoms with Gasteiger partial charge in [0.1, 0.15) is 0 Å². The van der Waals surface area contributed by atoms with Crippen molar-refractivity contribution in [3.63, 3.8) is 0 Å². The van der Waals surface area contributed by atoms with Crippen LogP contribution < -0.4 is 0 Å². The van der Waals surface area contributed by atoms with Crippen LogP contribution in [-0.4, -0.2) is 16.1 Å². The van der Waals surface area contributed by atoms with Crippen molar-refractivity contribution >= 4 is 38.8 Å². The van der Waals surface area contributed by atoms with Crippen LogP contribution in [0, 0.1) is 0 Å². The summed E-state index contributed by atoms with van der Waals surface area (Å²) in [5.74, 6) is 0. The lowest BCUT2D eigenvalue weighted by Crippen LogP contribution is -2.20. The molecule has 0 bridgehead atoms. The number of hydrogen-bond donors (Lipinski definition) is 0. The lowest BCUT2D eigenvalue weighted by Gasteiger charge is -2.23. The van der Waals surface area contributed by atoms with Crippen molar-refractivity contribution in [3.05, 3.63) is 29.3 Å². The Morgan fingerprint density at radius 3 is 2.85 bits per heavy atom. The number of ether oxygens (including phenoxy) is 1. The van der Waals surface area contributed by atoms with E-state index >= 15 is 0 Å². The first-order valence-corrected chi connectivity index (χ1v) is 8.58. The van der Waals surface area contributed by atoms with Gasteiger partial charge in [0.15, 0.2) is 5.05 Å². The average molecular weight is 305 g/mol. The highest BCUT2D eigenvalue weighted by Crippen LogP contribution is 2.24. The van der Waals surface area contributed by atoms with E-state index in [1.54, 1.807) is 11.3 Å². The molecule has 1 aromatic carbocycles. The summed E-state index contributed by atoms with van der Waals surface area (Å²) in [6.45, 7) is 0. The van der Waals surface area contributed by atoms with Crippen molar-refractivity contribution in [2.45, 2.75) is 51.0 Å². The first-order chi connectivity index (χ1) is 9.81. The van der Waals surface area contributed by atoms with E-state index in [1.165, 1.54) is 36.8 Å². The summed E-state index contributed by atoms with van der Waals surface area (Å²) in [4.78, 5) is 4.63. The smallest absolute Gasteiger partial charge is 0.160 e. The minimum Gasteiger partial charge on any atom is -0.484 e. The fraction of sp³-hybridized carbons (Fsp3) is 0.500. The van der Waals surface area contributed by atoms with Gasteiger partial charge in [0.25, 0.3) is 0 Å². The molecule has 0 saturated heterocycles. The molecule has 20 heavy (non-hydrogen) atoms. The van der Waals surface area contributed by atoms with Crippen molar-refractivity contribution in [2.24, 2.45) is 0 Å². The van der Waals surface area contributed by atoms with Crippen LogP contribution >= 0.6 is 23.6 Å². The van der Waals surface area contributed by atoms with E-state index < -0.39 is 0 Å². The van der Waals surface area contributed by atoms with Gasteiger partial charge in [-0.05, 0) is 50.0 Å². The molecule has 0 unspecified atom stereocenters. The quantitative estimate of drug-likeness (QED) is 0.750. The molecule has 1 aliphatic carbocycles. The number of aryl methyl sites for hydroxylation is 1. The third-order valence-electron chi connectivity index (χ3n) is 3.73. The SMILES string of the molecule is S=C(CCc1nc2ccccc2s1)OC1CCCCC1. The molecule has 0 amide bonds. The van der Waals surface area contributed by atoms with E-state index in [0.717, 1.165) is 28.4 Å². The minimum atomic E-state index is 0.367. The van der Waals surface area contributed by atoms with Crippen LogP contribution in [0.3, 0.4) is 0 Å². The molecule has 0 atom stereocenters. The second-order valence-electron chi connectivity index (χ2n) is 5.33. The third kappa shape index (κ3) is 3.55. The van der Waals surface area contributed by atoms with Crippen LogP contribution in [0.25, 0.3) is 10.2 Å². The first kappa shape index (κ1) is 14.0. The number of nitrogens with zero attached hydrogens (tertiary/aromatic N) is 1. The summed E-state index contributed by atoms with van der Waals surface area (Å²) in [5.41, 5.74) is 1.09. The molecule has 1 heterocycles. The monoisotopic (exact) mass is 305 g/mol. The molecule has 3 rings (SSSR count). The van der Waals surface area contributed by atoms with Gasteiger partial charge in [-0.2, -0.15) is 0 Å². The van der Waals surface area contributed by atoms with E-state index in [2.05, 4.69) is 23.2 Å². The second kappa shape index (κ2) is 6.64. The molecule has 0 N–H and O–H groups in total. The Bertz CT molecular complexity index is 554. The second-order valence-corrected chi connectivity index (χ2v) is 6.90. The minimum absolute atomic E-state index is 0.367. The average Bonchev–Trinajstić information content (AvgIpc) is 2.89. The molecule has 1 aromatic heterocycles. The number of para-hydroxylation sites is 1. The molecule has 0 spiro atoms. The molecule has 1 saturated carbocycles. The van der Waals surface area contributed by atoms with Gasteiger partial charge >= 0.3 is 0 Å². The molecular formula is C16H19NOS2. The Balaban J connectivity index is 1.51. The zero-order chi connectivity index (χ0) is 13.8. The van der Waals surface area contributed by atoms with Gasteiger partial charge in [0, 0.05) is 12.8 Å². The predicted octanol–water partition coefficient (Wildman–Crippen LogP) is 4.91. The maximum absolute atomic E-state index is 5.90. The highest BCUT2D eigenvalue weighted by Gasteiger charge is 2.16. The summed E-state index contributed by atoms with van der Waals surface area (Å²) in [7, 11) is 0. The molecule has 2 aromatic rings. The van der Waals surface area contributed by atoms with Gasteiger partial charge in [-0.1, -0.05) is 18.6 Å².